The van der Waals surface area contributed by atoms with Crippen molar-refractivity contribution >= 4 is 26.4 Å². The molecule has 4 N–H and O–H groups in total. The van der Waals surface area contributed by atoms with Crippen molar-refractivity contribution in [2.75, 3.05) is 43.4 Å². The maximum Gasteiger partial charge on any atom is 0.408 e. The molecule has 7 nitrogen and oxygen atoms in total. The average molecular weight is 455 g/mol. The molecule has 172 valence electrons. The molecule has 2 unspecified atom stereocenters. The highest BCUT2D eigenvalue weighted by molar-refractivity contribution is 7.17. The largest absolute Gasteiger partial charge is 0.430 e. The zero-order valence-corrected chi connectivity index (χ0v) is 19.3. The summed E-state index contributed by atoms with van der Waals surface area (Å²) in [5.74, 6) is -2.10. The van der Waals surface area contributed by atoms with Gasteiger partial charge in [-0.15, -0.1) is 0 Å². The molecule has 1 aromatic carbocycles. The van der Waals surface area contributed by atoms with Crippen molar-refractivity contribution in [1.82, 2.24) is 10.3 Å². The van der Waals surface area contributed by atoms with Gasteiger partial charge in [0, 0.05) is 24.7 Å². The van der Waals surface area contributed by atoms with E-state index in [0.717, 1.165) is 31.6 Å². The molecule has 1 aromatic heterocycles. The Hall–Kier alpha value is -2.22. The Morgan fingerprint density at radius 3 is 2.65 bits per heavy atom. The monoisotopic (exact) mass is 455 g/mol. The number of hydrogen-bond acceptors (Lipinski definition) is 7. The van der Waals surface area contributed by atoms with Gasteiger partial charge in [0.1, 0.15) is 17.3 Å². The minimum atomic E-state index is -3.33. The number of anilines is 3. The summed E-state index contributed by atoms with van der Waals surface area (Å²) in [6.45, 7) is 4.22. The number of hydrogen-bond donors (Lipinski definition) is 4. The Bertz CT molecular complexity index is 808. The molecule has 2 atom stereocenters. The number of ether oxygens (including phenoxy) is 1. The van der Waals surface area contributed by atoms with Crippen LogP contribution in [0.2, 0.25) is 0 Å². The first kappa shape index (κ1) is 25.0. The Morgan fingerprint density at radius 2 is 1.97 bits per heavy atom. The molecule has 10 heteroatoms. The molecule has 2 rings (SSSR count). The van der Waals surface area contributed by atoms with Gasteiger partial charge >= 0.3 is 5.85 Å². The van der Waals surface area contributed by atoms with Crippen molar-refractivity contribution in [3.05, 3.63) is 42.1 Å². The number of aromatic nitrogens is 1. The van der Waals surface area contributed by atoms with E-state index < -0.39 is 5.85 Å². The van der Waals surface area contributed by atoms with Crippen LogP contribution in [0.15, 0.2) is 36.5 Å². The maximum atomic E-state index is 13.3. The fourth-order valence-corrected chi connectivity index (χ4v) is 3.15. The molecular formula is C21H32F2N5O2P. The smallest absolute Gasteiger partial charge is 0.408 e. The van der Waals surface area contributed by atoms with Gasteiger partial charge in [-0.3, -0.25) is 10.3 Å². The molecule has 0 bridgehead atoms. The number of para-hydroxylation sites is 1. The third-order valence-electron chi connectivity index (χ3n) is 4.76. The number of rotatable bonds is 14. The van der Waals surface area contributed by atoms with Crippen molar-refractivity contribution in [3.8, 4) is 5.75 Å². The van der Waals surface area contributed by atoms with Gasteiger partial charge in [-0.1, -0.05) is 31.5 Å². The molecule has 0 aliphatic carbocycles. The van der Waals surface area contributed by atoms with Crippen LogP contribution in [0.25, 0.3) is 0 Å². The van der Waals surface area contributed by atoms with Crippen molar-refractivity contribution in [2.24, 2.45) is 5.92 Å². The first-order chi connectivity index (χ1) is 14.9. The lowest BCUT2D eigenvalue weighted by Gasteiger charge is -2.19. The third kappa shape index (κ3) is 8.81. The number of alkyl halides is 2. The van der Waals surface area contributed by atoms with E-state index in [0.29, 0.717) is 23.0 Å². The van der Waals surface area contributed by atoms with Gasteiger partial charge in [-0.2, -0.15) is 8.78 Å². The van der Waals surface area contributed by atoms with E-state index in [-0.39, 0.29) is 12.3 Å². The molecule has 1 heterocycles. The fraction of sp³-hybridized carbons (Fsp3) is 0.476. The summed E-state index contributed by atoms with van der Waals surface area (Å²) in [7, 11) is 4.87. The topological polar surface area (TPSA) is 79.5 Å². The van der Waals surface area contributed by atoms with Crippen molar-refractivity contribution in [2.45, 2.75) is 32.2 Å². The Morgan fingerprint density at radius 1 is 1.19 bits per heavy atom. The molecule has 0 amide bonds. The van der Waals surface area contributed by atoms with Crippen LogP contribution in [-0.4, -0.2) is 38.1 Å². The second-order valence-corrected chi connectivity index (χ2v) is 7.77. The highest BCUT2D eigenvalue weighted by Gasteiger charge is 2.24. The molecule has 0 saturated carbocycles. The molecule has 0 radical (unpaired) electrons. The van der Waals surface area contributed by atoms with Gasteiger partial charge in [-0.25, -0.2) is 4.98 Å². The molecule has 0 spiro atoms. The van der Waals surface area contributed by atoms with Crippen LogP contribution in [-0.2, 0) is 11.4 Å². The van der Waals surface area contributed by atoms with Crippen LogP contribution < -0.4 is 26.2 Å². The van der Waals surface area contributed by atoms with Crippen molar-refractivity contribution < 1.29 is 18.4 Å². The van der Waals surface area contributed by atoms with Crippen molar-refractivity contribution in [3.63, 3.8) is 0 Å². The fourth-order valence-electron chi connectivity index (χ4n) is 3.02. The quantitative estimate of drug-likeness (QED) is 0.246. The molecule has 2 aromatic rings. The summed E-state index contributed by atoms with van der Waals surface area (Å²) in [5.41, 5.74) is 4.97. The summed E-state index contributed by atoms with van der Waals surface area (Å²) in [6, 6.07) is 8.52. The Labute approximate surface area is 184 Å². The van der Waals surface area contributed by atoms with Gasteiger partial charge in [0.05, 0.1) is 19.0 Å². The maximum absolute atomic E-state index is 13.3. The highest BCUT2D eigenvalue weighted by atomic mass is 31.0. The van der Waals surface area contributed by atoms with E-state index in [4.69, 9.17) is 9.57 Å². The summed E-state index contributed by atoms with van der Waals surface area (Å²) >= 11 is 0. The first-order valence-corrected chi connectivity index (χ1v) is 10.8. The van der Waals surface area contributed by atoms with Crippen LogP contribution in [0.5, 0.6) is 5.75 Å². The predicted molar refractivity (Wildman–Crippen MR) is 125 cm³/mol. The summed E-state index contributed by atoms with van der Waals surface area (Å²) in [4.78, 5) is 9.43. The zero-order valence-electron chi connectivity index (χ0n) is 18.2. The number of benzene rings is 1. The lowest BCUT2D eigenvalue weighted by molar-refractivity contribution is -0.0897. The predicted octanol–water partition coefficient (Wildman–Crippen LogP) is 4.52. The zero-order chi connectivity index (χ0) is 22.7. The molecule has 31 heavy (non-hydrogen) atoms. The van der Waals surface area contributed by atoms with E-state index in [2.05, 4.69) is 33.3 Å². The highest BCUT2D eigenvalue weighted by Crippen LogP contribution is 2.30. The first-order valence-electron chi connectivity index (χ1n) is 10.2. The van der Waals surface area contributed by atoms with Gasteiger partial charge < -0.3 is 20.7 Å². The number of pyridine rings is 1. The molecule has 0 saturated heterocycles. The van der Waals surface area contributed by atoms with E-state index in [1.165, 1.54) is 22.4 Å². The van der Waals surface area contributed by atoms with E-state index >= 15 is 0 Å². The van der Waals surface area contributed by atoms with Crippen LogP contribution in [0.1, 0.15) is 25.3 Å². The lowest BCUT2D eigenvalue weighted by atomic mass is 10.0. The van der Waals surface area contributed by atoms with Crippen LogP contribution >= 0.6 is 9.24 Å². The standard InChI is InChI=1S/C21H32F2N5O2P/c1-4-15(9-10-24-2)12-25-17-11-20(27-14-18(17)28-29-3)26-13-16-7-5-6-8-19(16)30-21(22,23)31/h5-8,11,14-15,24,28H,4,9-10,12-13,31H2,1-3H3,(H2,25,26,27). The Kier molecular flexibility index (Phi) is 10.2. The second-order valence-electron chi connectivity index (χ2n) is 7.09. The third-order valence-corrected chi connectivity index (χ3v) is 4.87. The second kappa shape index (κ2) is 12.6. The van der Waals surface area contributed by atoms with E-state index in [1.54, 1.807) is 24.4 Å². The van der Waals surface area contributed by atoms with Crippen LogP contribution in [0.3, 0.4) is 0 Å². The minimum Gasteiger partial charge on any atom is -0.430 e. The van der Waals surface area contributed by atoms with Crippen molar-refractivity contribution in [1.29, 1.82) is 0 Å². The van der Waals surface area contributed by atoms with Gasteiger partial charge in [-0.05, 0) is 41.2 Å². The average Bonchev–Trinajstić information content (AvgIpc) is 2.73. The lowest BCUT2D eigenvalue weighted by Crippen LogP contribution is -2.20. The van der Waals surface area contributed by atoms with E-state index in [1.807, 2.05) is 13.1 Å². The van der Waals surface area contributed by atoms with Gasteiger partial charge in [0.2, 0.25) is 0 Å². The summed E-state index contributed by atoms with van der Waals surface area (Å²) < 4.78 is 31.2. The molecule has 0 fully saturated rings. The molecule has 0 aliphatic heterocycles. The van der Waals surface area contributed by atoms with Crippen LogP contribution in [0.4, 0.5) is 26.0 Å². The van der Waals surface area contributed by atoms with Crippen LogP contribution in [0, 0.1) is 5.92 Å². The minimum absolute atomic E-state index is 0.112. The van der Waals surface area contributed by atoms with E-state index in [9.17, 15) is 8.78 Å². The molecular weight excluding hydrogens is 423 g/mol. The number of nitrogens with zero attached hydrogens (tertiary/aromatic N) is 1. The summed E-state index contributed by atoms with van der Waals surface area (Å²) in [5, 5.41) is 9.82. The normalized spacial score (nSPS) is 12.3. The Balaban J connectivity index is 2.10. The SMILES string of the molecule is CCC(CCNC)CNc1cc(NCc2ccccc2OC(F)(F)P)ncc1NOC. The molecule has 0 aliphatic rings. The van der Waals surface area contributed by atoms with Gasteiger partial charge in [0.15, 0.2) is 0 Å². The van der Waals surface area contributed by atoms with Gasteiger partial charge in [0.25, 0.3) is 0 Å². The number of halogens is 2. The summed E-state index contributed by atoms with van der Waals surface area (Å²) in [6.07, 6.45) is 3.79. The number of nitrogens with one attached hydrogen (secondary N) is 4.